The van der Waals surface area contributed by atoms with Gasteiger partial charge in [0.1, 0.15) is 11.6 Å². The van der Waals surface area contributed by atoms with Crippen LogP contribution < -0.4 is 11.0 Å². The molecule has 10 heteroatoms. The first-order valence-corrected chi connectivity index (χ1v) is 10.9. The molecule has 1 aliphatic heterocycles. The standard InChI is InChI=1S/C21H29N5O5/c1-5-11(2)16-8-17(30-13(4)28)19(31-16)26-18-15(9-22-20(24-18)23-12(3)27)25(21(26)29)10-14-6-7-14/h9,11,14,16-17,19H,5-8,10H2,1-4H3,(H,22,23,24,27)/t11-,16-,17+,19+/m0/s1. The molecule has 0 bridgehead atoms. The number of hydrogen-bond donors (Lipinski definition) is 1. The molecule has 1 aliphatic carbocycles. The SMILES string of the molecule is CC[C@H](C)[C@@H]1C[C@@H](OC(C)=O)[C@H](n2c(=O)n(CC3CC3)c3cnc(NC(C)=O)nc32)O1. The molecule has 1 saturated heterocycles. The summed E-state index contributed by atoms with van der Waals surface area (Å²) in [5, 5.41) is 2.56. The average Bonchev–Trinajstić information content (AvgIpc) is 3.38. The van der Waals surface area contributed by atoms with Crippen LogP contribution in [0.5, 0.6) is 0 Å². The van der Waals surface area contributed by atoms with Crippen molar-refractivity contribution in [2.75, 3.05) is 5.32 Å². The highest BCUT2D eigenvalue weighted by Crippen LogP contribution is 2.37. The van der Waals surface area contributed by atoms with E-state index in [1.54, 1.807) is 10.8 Å². The summed E-state index contributed by atoms with van der Waals surface area (Å²) in [7, 11) is 0. The smallest absolute Gasteiger partial charge is 0.332 e. The second-order valence-corrected chi connectivity index (χ2v) is 8.62. The van der Waals surface area contributed by atoms with Gasteiger partial charge in [-0.25, -0.2) is 14.3 Å². The molecule has 2 aromatic heterocycles. The zero-order valence-electron chi connectivity index (χ0n) is 18.3. The Morgan fingerprint density at radius 2 is 2.10 bits per heavy atom. The highest BCUT2D eigenvalue weighted by Gasteiger charge is 2.43. The number of amides is 1. The summed E-state index contributed by atoms with van der Waals surface area (Å²) < 4.78 is 15.0. The lowest BCUT2D eigenvalue weighted by Crippen LogP contribution is -2.34. The lowest BCUT2D eigenvalue weighted by molar-refractivity contribution is -0.152. The van der Waals surface area contributed by atoms with Crippen LogP contribution in [0.4, 0.5) is 5.95 Å². The van der Waals surface area contributed by atoms with Crippen molar-refractivity contribution in [2.24, 2.45) is 11.8 Å². The van der Waals surface area contributed by atoms with E-state index in [2.05, 4.69) is 29.1 Å². The molecule has 10 nitrogen and oxygen atoms in total. The van der Waals surface area contributed by atoms with Gasteiger partial charge in [0.15, 0.2) is 11.9 Å². The lowest BCUT2D eigenvalue weighted by atomic mass is 9.99. The normalized spacial score (nSPS) is 24.3. The zero-order valence-corrected chi connectivity index (χ0v) is 18.3. The number of ether oxygens (including phenoxy) is 2. The quantitative estimate of drug-likeness (QED) is 0.668. The summed E-state index contributed by atoms with van der Waals surface area (Å²) in [5.41, 5.74) is 0.655. The highest BCUT2D eigenvalue weighted by atomic mass is 16.6. The fourth-order valence-electron chi connectivity index (χ4n) is 4.08. The van der Waals surface area contributed by atoms with Crippen LogP contribution in [0, 0.1) is 11.8 Å². The maximum absolute atomic E-state index is 13.5. The van der Waals surface area contributed by atoms with Crippen LogP contribution in [0.3, 0.4) is 0 Å². The molecule has 4 atom stereocenters. The van der Waals surface area contributed by atoms with E-state index in [-0.39, 0.29) is 29.6 Å². The predicted molar refractivity (Wildman–Crippen MR) is 112 cm³/mol. The van der Waals surface area contributed by atoms with E-state index in [0.717, 1.165) is 19.3 Å². The van der Waals surface area contributed by atoms with Gasteiger partial charge in [0, 0.05) is 26.8 Å². The van der Waals surface area contributed by atoms with Gasteiger partial charge in [0.05, 0.1) is 12.3 Å². The minimum atomic E-state index is -0.793. The molecule has 31 heavy (non-hydrogen) atoms. The van der Waals surface area contributed by atoms with Gasteiger partial charge in [-0.05, 0) is 24.7 Å². The van der Waals surface area contributed by atoms with Gasteiger partial charge >= 0.3 is 11.7 Å². The Balaban J connectivity index is 1.82. The van der Waals surface area contributed by atoms with Crippen molar-refractivity contribution in [3.05, 3.63) is 16.7 Å². The molecular weight excluding hydrogens is 402 g/mol. The number of hydrogen-bond acceptors (Lipinski definition) is 7. The number of carbonyl (C=O) groups excluding carboxylic acids is 2. The summed E-state index contributed by atoms with van der Waals surface area (Å²) in [5.74, 6) is 0.0681. The average molecular weight is 431 g/mol. The van der Waals surface area contributed by atoms with E-state index in [1.807, 2.05) is 0 Å². The molecule has 4 rings (SSSR count). The molecule has 2 aliphatic rings. The molecule has 0 aromatic carbocycles. The molecule has 3 heterocycles. The first-order chi connectivity index (χ1) is 14.8. The Morgan fingerprint density at radius 3 is 2.71 bits per heavy atom. The van der Waals surface area contributed by atoms with Crippen molar-refractivity contribution in [3.8, 4) is 0 Å². The van der Waals surface area contributed by atoms with E-state index in [9.17, 15) is 14.4 Å². The molecule has 0 spiro atoms. The Bertz CT molecular complexity index is 1060. The number of carbonyl (C=O) groups is 2. The summed E-state index contributed by atoms with van der Waals surface area (Å²) >= 11 is 0. The van der Waals surface area contributed by atoms with Crippen LogP contribution in [0.2, 0.25) is 0 Å². The van der Waals surface area contributed by atoms with Gasteiger partial charge in [-0.2, -0.15) is 4.98 Å². The van der Waals surface area contributed by atoms with Gasteiger partial charge in [0.25, 0.3) is 0 Å². The van der Waals surface area contributed by atoms with Crippen molar-refractivity contribution in [1.82, 2.24) is 19.1 Å². The molecule has 168 valence electrons. The number of nitrogens with one attached hydrogen (secondary N) is 1. The number of aromatic nitrogens is 4. The molecule has 1 amide bonds. The van der Waals surface area contributed by atoms with E-state index in [1.165, 1.54) is 18.4 Å². The first kappa shape index (κ1) is 21.5. The minimum absolute atomic E-state index is 0.109. The van der Waals surface area contributed by atoms with E-state index >= 15 is 0 Å². The molecule has 1 N–H and O–H groups in total. The van der Waals surface area contributed by atoms with Crippen LogP contribution in [-0.2, 0) is 25.6 Å². The van der Waals surface area contributed by atoms with Crippen LogP contribution in [0.1, 0.15) is 59.6 Å². The second-order valence-electron chi connectivity index (χ2n) is 8.62. The third-order valence-electron chi connectivity index (χ3n) is 6.08. The number of fused-ring (bicyclic) bond motifs is 1. The summed E-state index contributed by atoms with van der Waals surface area (Å²) in [6.45, 7) is 7.44. The van der Waals surface area contributed by atoms with Gasteiger partial charge in [-0.3, -0.25) is 19.5 Å². The maximum Gasteiger partial charge on any atom is 0.332 e. The third kappa shape index (κ3) is 4.34. The first-order valence-electron chi connectivity index (χ1n) is 10.9. The van der Waals surface area contributed by atoms with Gasteiger partial charge in [-0.15, -0.1) is 0 Å². The fraction of sp³-hybridized carbons (Fsp3) is 0.667. The van der Waals surface area contributed by atoms with Crippen LogP contribution >= 0.6 is 0 Å². The number of rotatable bonds is 7. The van der Waals surface area contributed by atoms with Crippen LogP contribution in [0.15, 0.2) is 11.0 Å². The molecule has 2 aromatic rings. The Labute approximate surface area is 179 Å². The monoisotopic (exact) mass is 431 g/mol. The molecule has 2 fully saturated rings. The Kier molecular flexibility index (Phi) is 5.83. The van der Waals surface area contributed by atoms with Crippen molar-refractivity contribution in [2.45, 2.75) is 78.4 Å². The topological polar surface area (TPSA) is 117 Å². The van der Waals surface area contributed by atoms with E-state index in [0.29, 0.717) is 30.0 Å². The molecule has 0 radical (unpaired) electrons. The summed E-state index contributed by atoms with van der Waals surface area (Å²) in [6, 6.07) is 0. The summed E-state index contributed by atoms with van der Waals surface area (Å²) in [6.07, 6.45) is 3.57. The number of esters is 1. The van der Waals surface area contributed by atoms with Crippen molar-refractivity contribution < 1.29 is 19.1 Å². The van der Waals surface area contributed by atoms with Gasteiger partial charge < -0.3 is 9.47 Å². The van der Waals surface area contributed by atoms with E-state index < -0.39 is 18.3 Å². The van der Waals surface area contributed by atoms with Crippen LogP contribution in [-0.4, -0.2) is 43.2 Å². The van der Waals surface area contributed by atoms with Gasteiger partial charge in [-0.1, -0.05) is 20.3 Å². The largest absolute Gasteiger partial charge is 0.458 e. The van der Waals surface area contributed by atoms with Crippen LogP contribution in [0.25, 0.3) is 11.2 Å². The number of anilines is 1. The maximum atomic E-state index is 13.5. The summed E-state index contributed by atoms with van der Waals surface area (Å²) in [4.78, 5) is 45.4. The fourth-order valence-corrected chi connectivity index (χ4v) is 4.08. The lowest BCUT2D eigenvalue weighted by Gasteiger charge is -2.20. The van der Waals surface area contributed by atoms with Crippen molar-refractivity contribution in [3.63, 3.8) is 0 Å². The minimum Gasteiger partial charge on any atom is -0.458 e. The highest BCUT2D eigenvalue weighted by molar-refractivity contribution is 5.87. The van der Waals surface area contributed by atoms with Crippen molar-refractivity contribution in [1.29, 1.82) is 0 Å². The Hall–Kier alpha value is -2.75. The van der Waals surface area contributed by atoms with E-state index in [4.69, 9.17) is 9.47 Å². The molecule has 0 unspecified atom stereocenters. The third-order valence-corrected chi connectivity index (χ3v) is 6.08. The molecular formula is C21H29N5O5. The Morgan fingerprint density at radius 1 is 1.35 bits per heavy atom. The van der Waals surface area contributed by atoms with Crippen molar-refractivity contribution >= 4 is 29.0 Å². The number of nitrogens with zero attached hydrogens (tertiary/aromatic N) is 4. The molecule has 1 saturated carbocycles. The predicted octanol–water partition coefficient (Wildman–Crippen LogP) is 2.23. The second kappa shape index (κ2) is 8.41. The van der Waals surface area contributed by atoms with Gasteiger partial charge in [0.2, 0.25) is 11.9 Å². The number of imidazole rings is 1. The zero-order chi connectivity index (χ0) is 22.3.